The Morgan fingerprint density at radius 2 is 1.24 bits per heavy atom. The van der Waals surface area contributed by atoms with Gasteiger partial charge in [0.1, 0.15) is 6.10 Å². The molecule has 3 aliphatic heterocycles. The summed E-state index contributed by atoms with van der Waals surface area (Å²) in [5, 5.41) is 32.0. The molecule has 268 valence electrons. The minimum Gasteiger partial charge on any atom is -0.455 e. The van der Waals surface area contributed by atoms with Crippen LogP contribution in [0.15, 0.2) is 11.6 Å². The SMILES string of the molecule is CCCCCCCCCCCC[C@@H](O)[C@H]1CC[C@H]([C@H](O)CCC[C@H]2OC(C)(C)O[C@H]2CCCCC[C@@H](O)CC2=C[C@H](C)OC2=O)O1. The number of aliphatic hydroxyl groups excluding tert-OH is 3. The van der Waals surface area contributed by atoms with Gasteiger partial charge in [-0.3, -0.25) is 0 Å². The molecule has 2 fully saturated rings. The van der Waals surface area contributed by atoms with Gasteiger partial charge in [0.2, 0.25) is 0 Å². The summed E-state index contributed by atoms with van der Waals surface area (Å²) in [6.07, 6.45) is 22.1. The van der Waals surface area contributed by atoms with E-state index in [1.165, 1.54) is 57.8 Å². The zero-order valence-electron chi connectivity index (χ0n) is 29.6. The second-order valence-corrected chi connectivity index (χ2v) is 14.8. The van der Waals surface area contributed by atoms with E-state index in [9.17, 15) is 20.1 Å². The number of unbranched alkanes of at least 4 members (excludes halogenated alkanes) is 11. The Balaban J connectivity index is 1.24. The molecule has 3 aliphatic rings. The topological polar surface area (TPSA) is 115 Å². The smallest absolute Gasteiger partial charge is 0.334 e. The lowest BCUT2D eigenvalue weighted by atomic mass is 9.97. The molecule has 0 bridgehead atoms. The van der Waals surface area contributed by atoms with Crippen LogP contribution in [0, 0.1) is 0 Å². The molecule has 0 aromatic rings. The summed E-state index contributed by atoms with van der Waals surface area (Å²) in [4.78, 5) is 11.8. The van der Waals surface area contributed by atoms with Crippen molar-refractivity contribution in [3.63, 3.8) is 0 Å². The van der Waals surface area contributed by atoms with Crippen LogP contribution in [0.5, 0.6) is 0 Å². The Bertz CT molecular complexity index is 875. The van der Waals surface area contributed by atoms with Crippen molar-refractivity contribution in [3.05, 3.63) is 11.6 Å². The van der Waals surface area contributed by atoms with Gasteiger partial charge < -0.3 is 34.3 Å². The number of cyclic esters (lactones) is 1. The summed E-state index contributed by atoms with van der Waals surface area (Å²) in [6, 6.07) is 0. The quantitative estimate of drug-likeness (QED) is 0.0675. The molecule has 46 heavy (non-hydrogen) atoms. The predicted molar refractivity (Wildman–Crippen MR) is 181 cm³/mol. The third-order valence-corrected chi connectivity index (χ3v) is 10.0. The van der Waals surface area contributed by atoms with Crippen molar-refractivity contribution in [3.8, 4) is 0 Å². The Kier molecular flexibility index (Phi) is 18.1. The van der Waals surface area contributed by atoms with Gasteiger partial charge in [-0.1, -0.05) is 90.4 Å². The van der Waals surface area contributed by atoms with E-state index in [-0.39, 0.29) is 36.5 Å². The molecular formula is C38H68O8. The summed E-state index contributed by atoms with van der Waals surface area (Å²) in [6.45, 7) is 8.01. The van der Waals surface area contributed by atoms with E-state index in [1.807, 2.05) is 20.8 Å². The maximum Gasteiger partial charge on any atom is 0.334 e. The van der Waals surface area contributed by atoms with Crippen LogP contribution in [0.2, 0.25) is 0 Å². The fraction of sp³-hybridized carbons (Fsp3) is 0.921. The maximum atomic E-state index is 11.8. The lowest BCUT2D eigenvalue weighted by Gasteiger charge is -2.23. The van der Waals surface area contributed by atoms with E-state index in [0.717, 1.165) is 64.2 Å². The Hall–Kier alpha value is -1.03. The monoisotopic (exact) mass is 652 g/mol. The van der Waals surface area contributed by atoms with Crippen LogP contribution in [0.1, 0.15) is 169 Å². The van der Waals surface area contributed by atoms with Gasteiger partial charge in [0.15, 0.2) is 5.79 Å². The number of esters is 1. The number of ether oxygens (including phenoxy) is 4. The first-order chi connectivity index (χ1) is 22.1. The predicted octanol–water partition coefficient (Wildman–Crippen LogP) is 7.83. The molecule has 3 rings (SSSR count). The van der Waals surface area contributed by atoms with Crippen LogP contribution in [0.4, 0.5) is 0 Å². The van der Waals surface area contributed by atoms with Gasteiger partial charge >= 0.3 is 5.97 Å². The molecule has 8 nitrogen and oxygen atoms in total. The Labute approximate surface area is 280 Å². The van der Waals surface area contributed by atoms with E-state index >= 15 is 0 Å². The van der Waals surface area contributed by atoms with Crippen molar-refractivity contribution in [2.75, 3.05) is 0 Å². The molecule has 8 atom stereocenters. The van der Waals surface area contributed by atoms with E-state index in [4.69, 9.17) is 18.9 Å². The second-order valence-electron chi connectivity index (χ2n) is 14.8. The van der Waals surface area contributed by atoms with Gasteiger partial charge in [-0.15, -0.1) is 0 Å². The standard InChI is InChI=1S/C38H68O8/c1-5-6-7-8-9-10-11-12-13-16-20-31(40)33-24-25-34(44-33)32(41)21-18-23-36-35(45-38(3,4)46-36)22-17-14-15-19-30(39)27-29-26-28(2)43-37(29)42/h26,28,30-36,39-41H,5-25,27H2,1-4H3/t28-,30+,31+,32+,33+,34+,35-,36+/m0/s1. The van der Waals surface area contributed by atoms with E-state index in [2.05, 4.69) is 6.92 Å². The highest BCUT2D eigenvalue weighted by molar-refractivity contribution is 5.90. The van der Waals surface area contributed by atoms with Gasteiger partial charge in [-0.25, -0.2) is 4.79 Å². The minimum absolute atomic E-state index is 0.00442. The average Bonchev–Trinajstić information content (AvgIpc) is 3.70. The Morgan fingerprint density at radius 3 is 1.80 bits per heavy atom. The van der Waals surface area contributed by atoms with Gasteiger partial charge in [-0.2, -0.15) is 0 Å². The fourth-order valence-corrected chi connectivity index (χ4v) is 7.43. The van der Waals surface area contributed by atoms with Crippen LogP contribution in [0.3, 0.4) is 0 Å². The molecule has 0 aromatic carbocycles. The summed E-state index contributed by atoms with van der Waals surface area (Å²) >= 11 is 0. The number of hydrogen-bond acceptors (Lipinski definition) is 8. The number of hydrogen-bond donors (Lipinski definition) is 3. The lowest BCUT2D eigenvalue weighted by molar-refractivity contribution is -0.147. The van der Waals surface area contributed by atoms with Crippen LogP contribution in [-0.4, -0.2) is 75.9 Å². The zero-order chi connectivity index (χ0) is 33.4. The van der Waals surface area contributed by atoms with Gasteiger partial charge in [0, 0.05) is 12.0 Å². The van der Waals surface area contributed by atoms with Gasteiger partial charge in [0.05, 0.1) is 42.7 Å². The number of carbonyl (C=O) groups excluding carboxylic acids is 1. The fourth-order valence-electron chi connectivity index (χ4n) is 7.43. The van der Waals surface area contributed by atoms with Crippen LogP contribution in [-0.2, 0) is 23.7 Å². The lowest BCUT2D eigenvalue weighted by Crippen LogP contribution is -2.31. The Morgan fingerprint density at radius 1 is 0.739 bits per heavy atom. The summed E-state index contributed by atoms with van der Waals surface area (Å²) in [5.74, 6) is -0.920. The molecule has 3 heterocycles. The number of carbonyl (C=O) groups is 1. The maximum absolute atomic E-state index is 11.8. The number of rotatable bonds is 25. The minimum atomic E-state index is -0.614. The second kappa shape index (κ2) is 21.1. The van der Waals surface area contributed by atoms with Crippen molar-refractivity contribution in [1.82, 2.24) is 0 Å². The zero-order valence-corrected chi connectivity index (χ0v) is 29.6. The first kappa shape index (κ1) is 39.4. The highest BCUT2D eigenvalue weighted by Crippen LogP contribution is 2.35. The molecule has 0 saturated carbocycles. The van der Waals surface area contributed by atoms with Crippen molar-refractivity contribution < 1.29 is 39.1 Å². The third-order valence-electron chi connectivity index (χ3n) is 10.0. The van der Waals surface area contributed by atoms with Crippen molar-refractivity contribution in [2.24, 2.45) is 0 Å². The highest BCUT2D eigenvalue weighted by atomic mass is 16.7. The van der Waals surface area contributed by atoms with E-state index in [0.29, 0.717) is 24.8 Å². The molecule has 0 radical (unpaired) electrons. The van der Waals surface area contributed by atoms with Crippen molar-refractivity contribution in [1.29, 1.82) is 0 Å². The molecule has 0 aromatic heterocycles. The molecule has 3 N–H and O–H groups in total. The van der Waals surface area contributed by atoms with E-state index < -0.39 is 24.1 Å². The third kappa shape index (κ3) is 14.6. The van der Waals surface area contributed by atoms with E-state index in [1.54, 1.807) is 6.08 Å². The van der Waals surface area contributed by atoms with Crippen molar-refractivity contribution >= 4 is 5.97 Å². The summed E-state index contributed by atoms with van der Waals surface area (Å²) in [5.41, 5.74) is 0.586. The van der Waals surface area contributed by atoms with Gasteiger partial charge in [-0.05, 0) is 78.2 Å². The normalized spacial score (nSPS) is 27.9. The summed E-state index contributed by atoms with van der Waals surface area (Å²) < 4.78 is 23.7. The van der Waals surface area contributed by atoms with Crippen LogP contribution < -0.4 is 0 Å². The molecular weight excluding hydrogens is 584 g/mol. The molecule has 0 spiro atoms. The van der Waals surface area contributed by atoms with Crippen LogP contribution in [0.25, 0.3) is 0 Å². The highest BCUT2D eigenvalue weighted by Gasteiger charge is 2.41. The summed E-state index contributed by atoms with van der Waals surface area (Å²) in [7, 11) is 0. The first-order valence-electron chi connectivity index (χ1n) is 19.0. The average molecular weight is 653 g/mol. The largest absolute Gasteiger partial charge is 0.455 e. The first-order valence-corrected chi connectivity index (χ1v) is 19.0. The van der Waals surface area contributed by atoms with Gasteiger partial charge in [0.25, 0.3) is 0 Å². The molecule has 0 amide bonds. The molecule has 8 heteroatoms. The number of aliphatic hydroxyl groups is 3. The van der Waals surface area contributed by atoms with Crippen LogP contribution >= 0.6 is 0 Å². The van der Waals surface area contributed by atoms with Crippen molar-refractivity contribution in [2.45, 2.75) is 224 Å². The molecule has 0 unspecified atom stereocenters. The molecule has 0 aliphatic carbocycles. The molecule has 2 saturated heterocycles.